The number of rotatable bonds is 6. The molecule has 1 N–H and O–H groups in total. The van der Waals surface area contributed by atoms with Crippen LogP contribution in [0.25, 0.3) is 10.6 Å². The van der Waals surface area contributed by atoms with Crippen molar-refractivity contribution in [2.24, 2.45) is 0 Å². The first-order valence-electron chi connectivity index (χ1n) is 9.88. The summed E-state index contributed by atoms with van der Waals surface area (Å²) >= 11 is 1.65. The lowest BCUT2D eigenvalue weighted by molar-refractivity contribution is -0.133. The normalized spacial score (nSPS) is 14.7. The van der Waals surface area contributed by atoms with Gasteiger partial charge in [-0.3, -0.25) is 19.5 Å². The van der Waals surface area contributed by atoms with Crippen molar-refractivity contribution in [2.45, 2.75) is 19.5 Å². The number of piperazine rings is 1. The van der Waals surface area contributed by atoms with Gasteiger partial charge in [0, 0.05) is 68.9 Å². The van der Waals surface area contributed by atoms with E-state index in [0.29, 0.717) is 13.1 Å². The molecule has 0 aliphatic carbocycles. The van der Waals surface area contributed by atoms with Crippen molar-refractivity contribution >= 4 is 17.2 Å². The number of aromatic nitrogens is 3. The third-order valence-electron chi connectivity index (χ3n) is 5.15. The van der Waals surface area contributed by atoms with Gasteiger partial charge in [-0.25, -0.2) is 9.78 Å². The Bertz CT molecular complexity index is 1110. The molecule has 9 heteroatoms. The second-order valence-electron chi connectivity index (χ2n) is 7.22. The highest BCUT2D eigenvalue weighted by molar-refractivity contribution is 7.13. The van der Waals surface area contributed by atoms with Gasteiger partial charge in [0.15, 0.2) is 0 Å². The predicted molar refractivity (Wildman–Crippen MR) is 115 cm³/mol. The van der Waals surface area contributed by atoms with Crippen LogP contribution in [0.4, 0.5) is 0 Å². The second kappa shape index (κ2) is 9.19. The third-order valence-corrected chi connectivity index (χ3v) is 6.09. The van der Waals surface area contributed by atoms with Crippen LogP contribution < -0.4 is 11.2 Å². The number of hydrogen-bond donors (Lipinski definition) is 1. The van der Waals surface area contributed by atoms with Crippen LogP contribution >= 0.6 is 11.3 Å². The van der Waals surface area contributed by atoms with Crippen molar-refractivity contribution in [3.8, 4) is 10.6 Å². The molecule has 8 nitrogen and oxygen atoms in total. The van der Waals surface area contributed by atoms with Crippen LogP contribution in [0.2, 0.25) is 0 Å². The smallest absolute Gasteiger partial charge is 0.328 e. The van der Waals surface area contributed by atoms with Crippen LogP contribution in [-0.4, -0.2) is 56.4 Å². The van der Waals surface area contributed by atoms with Gasteiger partial charge in [-0.1, -0.05) is 30.3 Å². The molecule has 0 saturated carbocycles. The van der Waals surface area contributed by atoms with Crippen molar-refractivity contribution in [1.29, 1.82) is 0 Å². The molecule has 0 radical (unpaired) electrons. The van der Waals surface area contributed by atoms with Crippen LogP contribution in [0.15, 0.2) is 57.6 Å². The number of benzene rings is 1. The Hall–Kier alpha value is -3.04. The van der Waals surface area contributed by atoms with Gasteiger partial charge in [0.05, 0.1) is 5.69 Å². The van der Waals surface area contributed by atoms with E-state index in [-0.39, 0.29) is 18.9 Å². The molecule has 4 rings (SSSR count). The average molecular weight is 426 g/mol. The highest BCUT2D eigenvalue weighted by Crippen LogP contribution is 2.24. The van der Waals surface area contributed by atoms with Crippen LogP contribution in [0.3, 0.4) is 0 Å². The summed E-state index contributed by atoms with van der Waals surface area (Å²) in [6.45, 7) is 3.95. The van der Waals surface area contributed by atoms with E-state index in [2.05, 4.69) is 27.4 Å². The first-order chi connectivity index (χ1) is 14.6. The fourth-order valence-electron chi connectivity index (χ4n) is 3.47. The number of aryl methyl sites for hydroxylation is 1. The van der Waals surface area contributed by atoms with Crippen molar-refractivity contribution in [2.75, 3.05) is 26.2 Å². The second-order valence-corrected chi connectivity index (χ2v) is 8.08. The molecule has 30 heavy (non-hydrogen) atoms. The minimum Gasteiger partial charge on any atom is -0.340 e. The first kappa shape index (κ1) is 20.2. The number of H-pyrrole nitrogens is 1. The maximum absolute atomic E-state index is 12.5. The molecule has 1 aliphatic heterocycles. The number of hydrogen-bond acceptors (Lipinski definition) is 6. The summed E-state index contributed by atoms with van der Waals surface area (Å²) in [6, 6.07) is 11.4. The van der Waals surface area contributed by atoms with Gasteiger partial charge in [0.25, 0.3) is 5.56 Å². The molecule has 156 valence electrons. The van der Waals surface area contributed by atoms with Crippen molar-refractivity contribution in [1.82, 2.24) is 24.3 Å². The lowest BCUT2D eigenvalue weighted by Crippen LogP contribution is -2.48. The summed E-state index contributed by atoms with van der Waals surface area (Å²) < 4.78 is 1.35. The van der Waals surface area contributed by atoms with E-state index in [1.807, 2.05) is 23.1 Å². The van der Waals surface area contributed by atoms with Crippen molar-refractivity contribution < 1.29 is 4.79 Å². The highest BCUT2D eigenvalue weighted by atomic mass is 32.1. The van der Waals surface area contributed by atoms with E-state index in [1.54, 1.807) is 11.3 Å². The SMILES string of the molecule is O=C(CCn1ccc(=O)[nH]c1=O)N1CCN(Cc2csc(-c3ccccc3)n2)CC1. The van der Waals surface area contributed by atoms with Crippen LogP contribution in [0, 0.1) is 0 Å². The number of nitrogens with zero attached hydrogens (tertiary/aromatic N) is 4. The molecule has 0 atom stereocenters. The molecule has 1 saturated heterocycles. The number of carbonyl (C=O) groups is 1. The molecule has 3 heterocycles. The Kier molecular flexibility index (Phi) is 6.20. The van der Waals surface area contributed by atoms with Gasteiger partial charge in [-0.15, -0.1) is 11.3 Å². The van der Waals surface area contributed by atoms with E-state index in [1.165, 1.54) is 16.8 Å². The molecule has 3 aromatic rings. The van der Waals surface area contributed by atoms with E-state index in [0.717, 1.165) is 35.9 Å². The summed E-state index contributed by atoms with van der Waals surface area (Å²) in [5.41, 5.74) is 1.26. The maximum atomic E-state index is 12.5. The fourth-order valence-corrected chi connectivity index (χ4v) is 4.29. The minimum atomic E-state index is -0.488. The van der Waals surface area contributed by atoms with E-state index < -0.39 is 11.2 Å². The van der Waals surface area contributed by atoms with Crippen molar-refractivity contribution in [3.63, 3.8) is 0 Å². The van der Waals surface area contributed by atoms with Crippen LogP contribution in [-0.2, 0) is 17.9 Å². The zero-order valence-electron chi connectivity index (χ0n) is 16.5. The Morgan fingerprint density at radius 3 is 2.57 bits per heavy atom. The number of nitrogens with one attached hydrogen (secondary N) is 1. The lowest BCUT2D eigenvalue weighted by atomic mass is 10.2. The molecule has 1 fully saturated rings. The zero-order chi connectivity index (χ0) is 20.9. The van der Waals surface area contributed by atoms with Crippen LogP contribution in [0.1, 0.15) is 12.1 Å². The van der Waals surface area contributed by atoms with Crippen molar-refractivity contribution in [3.05, 3.63) is 74.5 Å². The number of aromatic amines is 1. The fraction of sp³-hybridized carbons (Fsp3) is 0.333. The molecule has 1 aromatic carbocycles. The van der Waals surface area contributed by atoms with Gasteiger partial charge >= 0.3 is 5.69 Å². The molecule has 1 aliphatic rings. The monoisotopic (exact) mass is 425 g/mol. The Morgan fingerprint density at radius 1 is 1.07 bits per heavy atom. The molecule has 0 bridgehead atoms. The van der Waals surface area contributed by atoms with Gasteiger partial charge in [0.1, 0.15) is 5.01 Å². The Labute approximate surface area is 177 Å². The summed E-state index contributed by atoms with van der Waals surface area (Å²) in [5.74, 6) is 0.0211. The predicted octanol–water partition coefficient (Wildman–Crippen LogP) is 1.39. The van der Waals surface area contributed by atoms with Gasteiger partial charge in [-0.05, 0) is 0 Å². The molecular weight excluding hydrogens is 402 g/mol. The summed E-state index contributed by atoms with van der Waals surface area (Å²) in [7, 11) is 0. The van der Waals surface area contributed by atoms with E-state index in [9.17, 15) is 14.4 Å². The lowest BCUT2D eigenvalue weighted by Gasteiger charge is -2.34. The largest absolute Gasteiger partial charge is 0.340 e. The number of thiazole rings is 1. The van der Waals surface area contributed by atoms with E-state index in [4.69, 9.17) is 4.98 Å². The highest BCUT2D eigenvalue weighted by Gasteiger charge is 2.21. The first-order valence-corrected chi connectivity index (χ1v) is 10.8. The quantitative estimate of drug-likeness (QED) is 0.645. The maximum Gasteiger partial charge on any atom is 0.328 e. The summed E-state index contributed by atoms with van der Waals surface area (Å²) in [4.78, 5) is 46.4. The summed E-state index contributed by atoms with van der Waals surface area (Å²) in [5, 5.41) is 3.12. The van der Waals surface area contributed by atoms with Gasteiger partial charge in [-0.2, -0.15) is 0 Å². The molecule has 0 unspecified atom stereocenters. The average Bonchev–Trinajstić information content (AvgIpc) is 3.22. The third kappa shape index (κ3) is 4.92. The van der Waals surface area contributed by atoms with Gasteiger partial charge < -0.3 is 9.47 Å². The standard InChI is InChI=1S/C21H23N5O3S/c27-18-6-8-26(21(29)23-18)9-7-19(28)25-12-10-24(11-13-25)14-17-15-30-20(22-17)16-4-2-1-3-5-16/h1-6,8,15H,7,9-14H2,(H,23,27,29). The zero-order valence-corrected chi connectivity index (χ0v) is 17.3. The molecule has 1 amide bonds. The van der Waals surface area contributed by atoms with E-state index >= 15 is 0 Å². The number of carbonyl (C=O) groups excluding carboxylic acids is 1. The Morgan fingerprint density at radius 2 is 1.83 bits per heavy atom. The Balaban J connectivity index is 1.25. The number of amides is 1. The molecule has 0 spiro atoms. The summed E-state index contributed by atoms with van der Waals surface area (Å²) in [6.07, 6.45) is 1.66. The van der Waals surface area contributed by atoms with Gasteiger partial charge in [0.2, 0.25) is 5.91 Å². The topological polar surface area (TPSA) is 91.3 Å². The molecule has 2 aromatic heterocycles. The minimum absolute atomic E-state index is 0.0211. The van der Waals surface area contributed by atoms with Crippen LogP contribution in [0.5, 0.6) is 0 Å². The molecular formula is C21H23N5O3S.